The molecule has 2 aromatic rings. The minimum Gasteiger partial charge on any atom is -0.474 e. The van der Waals surface area contributed by atoms with E-state index in [1.807, 2.05) is 0 Å². The third kappa shape index (κ3) is 3.32. The molecule has 37 heavy (non-hydrogen) atoms. The predicted molar refractivity (Wildman–Crippen MR) is 129 cm³/mol. The van der Waals surface area contributed by atoms with Gasteiger partial charge in [-0.15, -0.1) is 21.5 Å². The number of thiazole rings is 1. The van der Waals surface area contributed by atoms with Gasteiger partial charge in [0.25, 0.3) is 10.9 Å². The number of aliphatic carboxylic acids is 1. The summed E-state index contributed by atoms with van der Waals surface area (Å²) in [6.45, 7) is 1.75. The first kappa shape index (κ1) is 24.2. The van der Waals surface area contributed by atoms with Gasteiger partial charge in [0.2, 0.25) is 23.2 Å². The van der Waals surface area contributed by atoms with Crippen LogP contribution in [0.2, 0.25) is 0 Å². The summed E-state index contributed by atoms with van der Waals surface area (Å²) in [6.07, 6.45) is 0. The molecule has 3 saturated heterocycles. The maximum Gasteiger partial charge on any atom is 0.393 e. The van der Waals surface area contributed by atoms with Gasteiger partial charge in [0.05, 0.1) is 18.8 Å². The van der Waals surface area contributed by atoms with Gasteiger partial charge in [0.15, 0.2) is 5.13 Å². The van der Waals surface area contributed by atoms with Crippen molar-refractivity contribution in [2.75, 3.05) is 31.1 Å². The average Bonchev–Trinajstić information content (AvgIpc) is 3.59. The molecule has 0 spiro atoms. The van der Waals surface area contributed by atoms with E-state index in [4.69, 9.17) is 10.2 Å². The Bertz CT molecular complexity index is 1390. The Labute approximate surface area is 220 Å². The lowest BCUT2D eigenvalue weighted by Crippen LogP contribution is -2.88. The quantitative estimate of drug-likeness (QED) is 0.164. The van der Waals surface area contributed by atoms with Crippen molar-refractivity contribution in [2.24, 2.45) is 0 Å². The monoisotopic (exact) mass is 566 g/mol. The van der Waals surface area contributed by atoms with Gasteiger partial charge < -0.3 is 25.9 Å². The lowest BCUT2D eigenvalue weighted by atomic mass is 9.93. The summed E-state index contributed by atoms with van der Waals surface area (Å²) < 4.78 is 4.62. The van der Waals surface area contributed by atoms with E-state index in [9.17, 15) is 24.3 Å². The number of nitrogen functional groups attached to an aromatic ring is 1. The highest BCUT2D eigenvalue weighted by atomic mass is 32.2. The molecule has 4 aliphatic heterocycles. The number of β-lactam (4-membered cyclic amide) rings is 1. The summed E-state index contributed by atoms with van der Waals surface area (Å²) in [4.78, 5) is 55.7. The Kier molecular flexibility index (Phi) is 5.50. The lowest BCUT2D eigenvalue weighted by molar-refractivity contribution is -0.953. The number of aromatic nitrogens is 3. The van der Waals surface area contributed by atoms with E-state index < -0.39 is 44.7 Å². The summed E-state index contributed by atoms with van der Waals surface area (Å²) in [6, 6.07) is -1.58. The second-order valence-electron chi connectivity index (χ2n) is 8.55. The topological polar surface area (TPSA) is 206 Å². The first-order valence-corrected chi connectivity index (χ1v) is 13.8. The Morgan fingerprint density at radius 3 is 2.84 bits per heavy atom. The van der Waals surface area contributed by atoms with Gasteiger partial charge in [-0.25, -0.2) is 19.4 Å². The Hall–Kier alpha value is -3.19. The number of hydrogen-bond acceptors (Lipinski definition) is 13. The molecule has 0 aliphatic carbocycles. The highest BCUT2D eigenvalue weighted by Gasteiger charge is 2.79. The van der Waals surface area contributed by atoms with Gasteiger partial charge in [0, 0.05) is 30.2 Å². The molecular weight excluding hydrogens is 546 g/mol. The minimum atomic E-state index is -1.38. The first-order chi connectivity index (χ1) is 17.7. The largest absolute Gasteiger partial charge is 0.474 e. The van der Waals surface area contributed by atoms with Crippen LogP contribution in [0.1, 0.15) is 11.6 Å². The molecule has 0 aromatic carbocycles. The number of nitrogens with two attached hydrogens (primary N) is 1. The normalized spacial score (nSPS) is 30.9. The Morgan fingerprint density at radius 1 is 1.41 bits per heavy atom. The van der Waals surface area contributed by atoms with Crippen molar-refractivity contribution in [3.05, 3.63) is 28.2 Å². The number of hydrogen-bond donors (Lipinski definition) is 5. The SMILES string of the molecule is Cc1nnc(SCC2=C(C(=O)O)[N+]3(N4CCNC4=O)C(=O)C4NC(=O)CNC2(c2csc(N)n2)S[C@@H]43)o1. The number of fused-ring (bicyclic) bond motifs is 1. The summed E-state index contributed by atoms with van der Waals surface area (Å²) in [7, 11) is 0. The smallest absolute Gasteiger partial charge is 0.393 e. The molecule has 4 aliphatic rings. The fraction of sp³-hybridized carbons (Fsp3) is 0.421. The van der Waals surface area contributed by atoms with Crippen molar-refractivity contribution in [1.82, 2.24) is 36.1 Å². The van der Waals surface area contributed by atoms with Crippen molar-refractivity contribution >= 4 is 63.8 Å². The van der Waals surface area contributed by atoms with Crippen LogP contribution in [0.4, 0.5) is 9.93 Å². The van der Waals surface area contributed by atoms with Gasteiger partial charge in [-0.3, -0.25) is 10.1 Å². The lowest BCUT2D eigenvalue weighted by Gasteiger charge is -2.60. The van der Waals surface area contributed by atoms with Crippen LogP contribution in [-0.2, 0) is 19.3 Å². The van der Waals surface area contributed by atoms with Gasteiger partial charge in [-0.05, 0) is 0 Å². The van der Waals surface area contributed by atoms with Crippen molar-refractivity contribution in [1.29, 1.82) is 0 Å². The molecule has 18 heteroatoms. The average molecular weight is 567 g/mol. The van der Waals surface area contributed by atoms with Crippen LogP contribution in [0.15, 0.2) is 26.3 Å². The highest BCUT2D eigenvalue weighted by Crippen LogP contribution is 2.60. The zero-order chi connectivity index (χ0) is 26.1. The van der Waals surface area contributed by atoms with Crippen LogP contribution < -0.4 is 21.7 Å². The van der Waals surface area contributed by atoms with Crippen LogP contribution in [0, 0.1) is 6.92 Å². The molecule has 3 fully saturated rings. The Balaban J connectivity index is 1.62. The molecule has 0 radical (unpaired) electrons. The first-order valence-electron chi connectivity index (χ1n) is 11.0. The third-order valence-electron chi connectivity index (χ3n) is 6.57. The van der Waals surface area contributed by atoms with Crippen LogP contribution in [0.25, 0.3) is 0 Å². The van der Waals surface area contributed by atoms with E-state index in [-0.39, 0.29) is 47.0 Å². The van der Waals surface area contributed by atoms with Gasteiger partial charge in [0.1, 0.15) is 4.87 Å². The zero-order valence-corrected chi connectivity index (χ0v) is 21.5. The van der Waals surface area contributed by atoms with E-state index in [2.05, 4.69) is 31.1 Å². The summed E-state index contributed by atoms with van der Waals surface area (Å²) in [5.41, 5.74) is 6.29. The van der Waals surface area contributed by atoms with Crippen LogP contribution in [-0.4, -0.2) is 90.5 Å². The number of rotatable bonds is 6. The molecule has 2 bridgehead atoms. The fourth-order valence-corrected chi connectivity index (χ4v) is 8.65. The maximum absolute atomic E-state index is 13.8. The van der Waals surface area contributed by atoms with Crippen LogP contribution in [0.5, 0.6) is 0 Å². The van der Waals surface area contributed by atoms with Crippen LogP contribution in [0.3, 0.4) is 0 Å². The molecule has 0 saturated carbocycles. The molecule has 194 valence electrons. The number of carboxylic acid groups (broad SMARTS) is 1. The van der Waals surface area contributed by atoms with Crippen molar-refractivity contribution in [3.8, 4) is 0 Å². The van der Waals surface area contributed by atoms with E-state index >= 15 is 0 Å². The van der Waals surface area contributed by atoms with E-state index in [1.54, 1.807) is 12.3 Å². The summed E-state index contributed by atoms with van der Waals surface area (Å²) >= 11 is 3.48. The third-order valence-corrected chi connectivity index (χ3v) is 9.86. The number of amides is 4. The maximum atomic E-state index is 13.8. The van der Waals surface area contributed by atoms with Crippen molar-refractivity contribution in [3.63, 3.8) is 0 Å². The standard InChI is InChI=1S/C19H19N9O6S3/c1-7-25-26-18(34-7)36-5-8-12(15(31)32)28(27-3-2-21-17(27)33)13(30)11-14(28)37-19(8,22-4-10(29)24-11)9-6-35-16(20)23-9/h6,11,14,22H,2-5H2,1H3,(H4-,20,21,23,24,29,31,32,33)/p+1/t11?,14-,19?,28?/m0/s1. The number of thioether (sulfide) groups is 2. The number of quaternary nitrogens is 1. The number of aryl methyl sites for hydroxylation is 1. The van der Waals surface area contributed by atoms with E-state index in [0.29, 0.717) is 11.6 Å². The number of carbonyl (C=O) groups excluding carboxylic acids is 3. The molecule has 4 atom stereocenters. The molecule has 15 nitrogen and oxygen atoms in total. The molecule has 4 amide bonds. The van der Waals surface area contributed by atoms with Crippen molar-refractivity contribution < 1.29 is 33.3 Å². The number of urea groups is 1. The number of anilines is 1. The van der Waals surface area contributed by atoms with Crippen LogP contribution >= 0.6 is 34.9 Å². The molecule has 6 heterocycles. The summed E-state index contributed by atoms with van der Waals surface area (Å²) in [5.74, 6) is -2.13. The molecule has 3 unspecified atom stereocenters. The van der Waals surface area contributed by atoms with E-state index in [1.165, 1.54) is 28.1 Å². The molecule has 6 rings (SSSR count). The number of nitrogens with one attached hydrogen (secondary N) is 3. The highest BCUT2D eigenvalue weighted by molar-refractivity contribution is 8.01. The molecule has 2 aromatic heterocycles. The predicted octanol–water partition coefficient (Wildman–Crippen LogP) is -0.841. The fourth-order valence-electron chi connectivity index (χ4n) is 5.12. The Morgan fingerprint density at radius 2 is 2.22 bits per heavy atom. The van der Waals surface area contributed by atoms with Gasteiger partial charge >= 0.3 is 17.9 Å². The molecule has 6 N–H and O–H groups in total. The second-order valence-corrected chi connectivity index (χ2v) is 11.7. The number of nitrogens with zero attached hydrogens (tertiary/aromatic N) is 5. The van der Waals surface area contributed by atoms with Gasteiger partial charge in [-0.2, -0.15) is 5.01 Å². The number of carboxylic acids is 1. The van der Waals surface area contributed by atoms with Gasteiger partial charge in [-0.1, -0.05) is 28.1 Å². The second kappa shape index (κ2) is 8.42. The zero-order valence-electron chi connectivity index (χ0n) is 19.1. The van der Waals surface area contributed by atoms with Crippen molar-refractivity contribution in [2.45, 2.75) is 28.4 Å². The number of carbonyl (C=O) groups is 4. The molecular formula is C19H20N9O6S3+. The summed E-state index contributed by atoms with van der Waals surface area (Å²) in [5, 5.41) is 29.5. The van der Waals surface area contributed by atoms with E-state index in [0.717, 1.165) is 11.8 Å². The minimum absolute atomic E-state index is 0.0254.